The number of rotatable bonds is 2. The van der Waals surface area contributed by atoms with E-state index in [2.05, 4.69) is 0 Å². The molecule has 0 atom stereocenters. The third-order valence-electron chi connectivity index (χ3n) is 1.68. The Labute approximate surface area is 89.1 Å². The van der Waals surface area contributed by atoms with E-state index in [1.165, 1.54) is 0 Å². The molecule has 0 aliphatic rings. The Morgan fingerprint density at radius 3 is 2.33 bits per heavy atom. The van der Waals surface area contributed by atoms with E-state index in [1.54, 1.807) is 31.2 Å². The molecule has 0 radical (unpaired) electrons. The maximum absolute atomic E-state index is 11.2. The van der Waals surface area contributed by atoms with Crippen LogP contribution in [0.25, 0.3) is 0 Å². The average Bonchev–Trinajstić information content (AvgIpc) is 2.30. The molecule has 2 amide bonds. The molecule has 0 saturated carbocycles. The van der Waals surface area contributed by atoms with Crippen molar-refractivity contribution in [3.05, 3.63) is 35.4 Å². The highest BCUT2D eigenvalue weighted by Gasteiger charge is 2.13. The summed E-state index contributed by atoms with van der Waals surface area (Å²) < 4.78 is 0. The van der Waals surface area contributed by atoms with E-state index in [9.17, 15) is 9.59 Å². The molecule has 1 aromatic rings. The van der Waals surface area contributed by atoms with Crippen molar-refractivity contribution in [3.8, 4) is 0 Å². The van der Waals surface area contributed by atoms with Crippen molar-refractivity contribution in [2.45, 2.75) is 20.8 Å². The van der Waals surface area contributed by atoms with Gasteiger partial charge >= 0.3 is 0 Å². The Morgan fingerprint density at radius 2 is 1.87 bits per heavy atom. The van der Waals surface area contributed by atoms with Crippen molar-refractivity contribution in [1.29, 1.82) is 0 Å². The second-order valence-corrected chi connectivity index (χ2v) is 2.57. The van der Waals surface area contributed by atoms with Crippen LogP contribution >= 0.6 is 0 Å². The molecular formula is C11H15NO3. The standard InChI is InChI=1S/C9H9NO3.C2H6/c1-7-4-2-3-5-8(7)9(12)10(13)6-11;1-2/h2-6,13H,1H3;1-2H3. The van der Waals surface area contributed by atoms with E-state index in [-0.39, 0.29) is 11.5 Å². The van der Waals surface area contributed by atoms with Crippen LogP contribution < -0.4 is 0 Å². The molecule has 0 aliphatic heterocycles. The Hall–Kier alpha value is -1.68. The molecule has 1 aromatic carbocycles. The third kappa shape index (κ3) is 3.52. The summed E-state index contributed by atoms with van der Waals surface area (Å²) in [5, 5.41) is 8.85. The summed E-state index contributed by atoms with van der Waals surface area (Å²) in [5.74, 6) is -0.715. The van der Waals surface area contributed by atoms with Crippen LogP contribution in [-0.4, -0.2) is 22.6 Å². The van der Waals surface area contributed by atoms with E-state index in [4.69, 9.17) is 5.21 Å². The van der Waals surface area contributed by atoms with Gasteiger partial charge in [-0.05, 0) is 18.6 Å². The highest BCUT2D eigenvalue weighted by Crippen LogP contribution is 2.08. The van der Waals surface area contributed by atoms with Crippen LogP contribution in [-0.2, 0) is 4.79 Å². The van der Waals surface area contributed by atoms with Gasteiger partial charge in [-0.2, -0.15) is 5.06 Å². The summed E-state index contributed by atoms with van der Waals surface area (Å²) in [6.07, 6.45) is 0.0643. The maximum Gasteiger partial charge on any atom is 0.284 e. The minimum Gasteiger partial charge on any atom is -0.278 e. The van der Waals surface area contributed by atoms with Gasteiger partial charge in [-0.1, -0.05) is 32.0 Å². The van der Waals surface area contributed by atoms with Gasteiger partial charge < -0.3 is 0 Å². The van der Waals surface area contributed by atoms with Gasteiger partial charge in [-0.25, -0.2) is 0 Å². The monoisotopic (exact) mass is 209 g/mol. The fourth-order valence-electron chi connectivity index (χ4n) is 0.984. The summed E-state index contributed by atoms with van der Waals surface area (Å²) in [4.78, 5) is 21.3. The van der Waals surface area contributed by atoms with E-state index in [1.807, 2.05) is 13.8 Å². The van der Waals surface area contributed by atoms with Crippen molar-refractivity contribution in [3.63, 3.8) is 0 Å². The lowest BCUT2D eigenvalue weighted by Gasteiger charge is -2.08. The Balaban J connectivity index is 0.000000921. The Bertz CT molecular complexity index is 336. The second-order valence-electron chi connectivity index (χ2n) is 2.57. The van der Waals surface area contributed by atoms with E-state index in [0.29, 0.717) is 11.1 Å². The summed E-state index contributed by atoms with van der Waals surface area (Å²) in [6.45, 7) is 5.73. The smallest absolute Gasteiger partial charge is 0.278 e. The van der Waals surface area contributed by atoms with Gasteiger partial charge in [0.15, 0.2) is 0 Å². The number of nitrogens with zero attached hydrogens (tertiary/aromatic N) is 1. The highest BCUT2D eigenvalue weighted by atomic mass is 16.5. The molecule has 1 rings (SSSR count). The normalized spacial score (nSPS) is 8.53. The van der Waals surface area contributed by atoms with Crippen molar-refractivity contribution in [1.82, 2.24) is 5.06 Å². The van der Waals surface area contributed by atoms with Gasteiger partial charge in [0.2, 0.25) is 6.41 Å². The summed E-state index contributed by atoms with van der Waals surface area (Å²) in [5.41, 5.74) is 1.03. The quantitative estimate of drug-likeness (QED) is 0.460. The average molecular weight is 209 g/mol. The molecule has 0 saturated heterocycles. The molecule has 82 valence electrons. The van der Waals surface area contributed by atoms with Gasteiger partial charge in [0.1, 0.15) is 0 Å². The zero-order valence-corrected chi connectivity index (χ0v) is 9.10. The molecule has 0 spiro atoms. The largest absolute Gasteiger partial charge is 0.284 e. The van der Waals surface area contributed by atoms with Crippen molar-refractivity contribution >= 4 is 12.3 Å². The Morgan fingerprint density at radius 1 is 1.33 bits per heavy atom. The van der Waals surface area contributed by atoms with Gasteiger partial charge in [0.25, 0.3) is 5.91 Å². The number of hydroxylamine groups is 2. The van der Waals surface area contributed by atoms with Gasteiger partial charge in [-0.15, -0.1) is 0 Å². The van der Waals surface area contributed by atoms with Crippen molar-refractivity contribution in [2.75, 3.05) is 0 Å². The minimum absolute atomic E-state index is 0.0301. The molecular weight excluding hydrogens is 194 g/mol. The molecule has 0 unspecified atom stereocenters. The molecule has 1 N–H and O–H groups in total. The van der Waals surface area contributed by atoms with Gasteiger partial charge in [0, 0.05) is 5.56 Å². The van der Waals surface area contributed by atoms with Crippen molar-refractivity contribution in [2.24, 2.45) is 0 Å². The number of benzene rings is 1. The van der Waals surface area contributed by atoms with E-state index < -0.39 is 5.91 Å². The number of carbonyl (C=O) groups excluding carboxylic acids is 2. The van der Waals surface area contributed by atoms with Crippen LogP contribution in [0, 0.1) is 6.92 Å². The van der Waals surface area contributed by atoms with E-state index in [0.717, 1.165) is 0 Å². The van der Waals surface area contributed by atoms with Crippen LogP contribution in [0.5, 0.6) is 0 Å². The first-order valence-corrected chi connectivity index (χ1v) is 4.70. The number of hydrogen-bond acceptors (Lipinski definition) is 3. The predicted octanol–water partition coefficient (Wildman–Crippen LogP) is 2.01. The highest BCUT2D eigenvalue weighted by molar-refractivity contribution is 5.99. The number of aryl methyl sites for hydroxylation is 1. The van der Waals surface area contributed by atoms with Crippen LogP contribution in [0.1, 0.15) is 29.8 Å². The fourth-order valence-corrected chi connectivity index (χ4v) is 0.984. The molecule has 0 aliphatic carbocycles. The lowest BCUT2D eigenvalue weighted by atomic mass is 10.1. The topological polar surface area (TPSA) is 57.6 Å². The first-order valence-electron chi connectivity index (χ1n) is 4.70. The van der Waals surface area contributed by atoms with Crippen LogP contribution in [0.4, 0.5) is 0 Å². The van der Waals surface area contributed by atoms with Gasteiger partial charge in [-0.3, -0.25) is 14.8 Å². The van der Waals surface area contributed by atoms with Crippen molar-refractivity contribution < 1.29 is 14.8 Å². The predicted molar refractivity (Wildman–Crippen MR) is 56.5 cm³/mol. The molecule has 0 heterocycles. The zero-order valence-electron chi connectivity index (χ0n) is 9.10. The van der Waals surface area contributed by atoms with Gasteiger partial charge in [0.05, 0.1) is 0 Å². The SMILES string of the molecule is CC.Cc1ccccc1C(=O)N(O)C=O. The fraction of sp³-hybridized carbons (Fsp3) is 0.273. The summed E-state index contributed by atoms with van der Waals surface area (Å²) >= 11 is 0. The molecule has 4 heteroatoms. The summed E-state index contributed by atoms with van der Waals surface area (Å²) in [7, 11) is 0. The maximum atomic E-state index is 11.2. The zero-order chi connectivity index (χ0) is 11.8. The third-order valence-corrected chi connectivity index (χ3v) is 1.68. The van der Waals surface area contributed by atoms with Crippen LogP contribution in [0.2, 0.25) is 0 Å². The second kappa shape index (κ2) is 6.73. The number of amides is 2. The van der Waals surface area contributed by atoms with Crippen LogP contribution in [0.3, 0.4) is 0 Å². The number of hydrogen-bond donors (Lipinski definition) is 1. The molecule has 0 aromatic heterocycles. The number of imide groups is 1. The van der Waals surface area contributed by atoms with Crippen LogP contribution in [0.15, 0.2) is 24.3 Å². The first-order chi connectivity index (χ1) is 7.16. The number of carbonyl (C=O) groups is 2. The molecule has 15 heavy (non-hydrogen) atoms. The summed E-state index contributed by atoms with van der Waals surface area (Å²) in [6, 6.07) is 6.71. The Kier molecular flexibility index (Phi) is 5.97. The molecule has 0 bridgehead atoms. The lowest BCUT2D eigenvalue weighted by molar-refractivity contribution is -0.138. The molecule has 0 fully saturated rings. The molecule has 4 nitrogen and oxygen atoms in total. The minimum atomic E-state index is -0.715. The van der Waals surface area contributed by atoms with E-state index >= 15 is 0 Å². The first kappa shape index (κ1) is 13.3. The lowest BCUT2D eigenvalue weighted by Crippen LogP contribution is -2.26.